The van der Waals surface area contributed by atoms with Crippen molar-refractivity contribution in [3.05, 3.63) is 67.1 Å². The molecule has 8 heteroatoms. The zero-order chi connectivity index (χ0) is 16.8. The van der Waals surface area contributed by atoms with Crippen molar-refractivity contribution >= 4 is 17.3 Å². The van der Waals surface area contributed by atoms with Crippen LogP contribution in [0, 0.1) is 10.1 Å². The molecule has 3 N–H and O–H groups in total. The number of ketones is 1. The van der Waals surface area contributed by atoms with Crippen molar-refractivity contribution in [1.29, 1.82) is 0 Å². The lowest BCUT2D eigenvalue weighted by molar-refractivity contribution is -0.384. The first-order valence-electron chi connectivity index (χ1n) is 7.64. The van der Waals surface area contributed by atoms with Gasteiger partial charge in [-0.05, 0) is 18.4 Å². The number of carbonyl (C=O) groups is 1. The van der Waals surface area contributed by atoms with Crippen LogP contribution < -0.4 is 10.9 Å². The predicted molar refractivity (Wildman–Crippen MR) is 85.9 cm³/mol. The van der Waals surface area contributed by atoms with E-state index in [4.69, 9.17) is 0 Å². The first-order chi connectivity index (χ1) is 11.6. The van der Waals surface area contributed by atoms with Gasteiger partial charge in [0.1, 0.15) is 5.82 Å². The molecule has 0 fully saturated rings. The van der Waals surface area contributed by atoms with Gasteiger partial charge in [0, 0.05) is 35.7 Å². The number of hydrogen-bond donors (Lipinski definition) is 3. The smallest absolute Gasteiger partial charge is 0.270 e. The van der Waals surface area contributed by atoms with Crippen LogP contribution in [0.3, 0.4) is 0 Å². The maximum Gasteiger partial charge on any atom is 0.270 e. The first-order valence-corrected chi connectivity index (χ1v) is 7.64. The highest BCUT2D eigenvalue weighted by molar-refractivity contribution is 6.00. The van der Waals surface area contributed by atoms with E-state index in [1.807, 2.05) is 0 Å². The number of rotatable bonds is 2. The number of aromatic nitrogens is 2. The van der Waals surface area contributed by atoms with Gasteiger partial charge in [-0.2, -0.15) is 0 Å². The Morgan fingerprint density at radius 3 is 2.79 bits per heavy atom. The number of nitro benzene ring substituents is 1. The molecule has 1 atom stereocenters. The number of hydrogen-bond acceptors (Lipinski definition) is 5. The minimum Gasteiger partial charge on any atom is -0.343 e. The van der Waals surface area contributed by atoms with Crippen LogP contribution in [0.25, 0.3) is 0 Å². The number of non-ortho nitro benzene ring substituents is 1. The monoisotopic (exact) mass is 326 g/mol. The summed E-state index contributed by atoms with van der Waals surface area (Å²) in [7, 11) is 0. The van der Waals surface area contributed by atoms with Crippen molar-refractivity contribution in [3.8, 4) is 0 Å². The summed E-state index contributed by atoms with van der Waals surface area (Å²) in [6.45, 7) is 0. The Hall–Kier alpha value is -3.16. The second kappa shape index (κ2) is 5.19. The van der Waals surface area contributed by atoms with Crippen LogP contribution in [0.1, 0.15) is 36.3 Å². The van der Waals surface area contributed by atoms with E-state index in [0.29, 0.717) is 35.4 Å². The topological polar surface area (TPSA) is 121 Å². The molecule has 1 aromatic heterocycles. The van der Waals surface area contributed by atoms with Crippen LogP contribution in [-0.4, -0.2) is 20.9 Å². The molecule has 24 heavy (non-hydrogen) atoms. The molecule has 0 radical (unpaired) electrons. The van der Waals surface area contributed by atoms with Gasteiger partial charge in [-0.1, -0.05) is 12.1 Å². The van der Waals surface area contributed by atoms with Gasteiger partial charge < -0.3 is 5.32 Å². The van der Waals surface area contributed by atoms with Crippen LogP contribution in [0.4, 0.5) is 11.5 Å². The molecule has 4 rings (SSSR count). The van der Waals surface area contributed by atoms with Crippen LogP contribution in [0.15, 0.2) is 40.3 Å². The van der Waals surface area contributed by atoms with Crippen molar-refractivity contribution < 1.29 is 9.72 Å². The Labute approximate surface area is 135 Å². The van der Waals surface area contributed by atoms with E-state index in [-0.39, 0.29) is 17.0 Å². The minimum absolute atomic E-state index is 0.0218. The Kier molecular flexibility index (Phi) is 3.12. The number of anilines is 1. The number of allylic oxidation sites excluding steroid dienone is 2. The lowest BCUT2D eigenvalue weighted by Crippen LogP contribution is -2.29. The number of fused-ring (bicyclic) bond motifs is 1. The van der Waals surface area contributed by atoms with Crippen LogP contribution in [0.2, 0.25) is 0 Å². The third-order valence-electron chi connectivity index (χ3n) is 4.54. The number of nitrogens with zero attached hydrogens (tertiary/aromatic N) is 1. The zero-order valence-corrected chi connectivity index (χ0v) is 12.6. The maximum atomic E-state index is 12.5. The lowest BCUT2D eigenvalue weighted by Gasteiger charge is -2.31. The quantitative estimate of drug-likeness (QED) is 0.577. The van der Waals surface area contributed by atoms with Crippen molar-refractivity contribution in [2.24, 2.45) is 0 Å². The fourth-order valence-electron chi connectivity index (χ4n) is 3.52. The second-order valence-electron chi connectivity index (χ2n) is 5.95. The minimum atomic E-state index is -0.598. The van der Waals surface area contributed by atoms with Gasteiger partial charge in [0.05, 0.1) is 10.5 Å². The molecule has 0 spiro atoms. The third-order valence-corrected chi connectivity index (χ3v) is 4.54. The maximum absolute atomic E-state index is 12.5. The number of Topliss-reactive ketones (excluding diaryl/α,β-unsaturated/α-hetero) is 1. The zero-order valence-electron chi connectivity index (χ0n) is 12.6. The molecule has 0 bridgehead atoms. The highest BCUT2D eigenvalue weighted by atomic mass is 16.6. The number of aromatic amines is 2. The van der Waals surface area contributed by atoms with E-state index in [9.17, 15) is 19.7 Å². The van der Waals surface area contributed by atoms with E-state index in [1.165, 1.54) is 12.1 Å². The number of nitro groups is 1. The average molecular weight is 326 g/mol. The van der Waals surface area contributed by atoms with Gasteiger partial charge in [0.2, 0.25) is 0 Å². The molecular weight excluding hydrogens is 312 g/mol. The largest absolute Gasteiger partial charge is 0.343 e. The average Bonchev–Trinajstić information content (AvgIpc) is 2.94. The van der Waals surface area contributed by atoms with Crippen molar-refractivity contribution in [3.63, 3.8) is 0 Å². The summed E-state index contributed by atoms with van der Waals surface area (Å²) >= 11 is 0. The fourth-order valence-corrected chi connectivity index (χ4v) is 3.52. The molecule has 0 saturated heterocycles. The van der Waals surface area contributed by atoms with E-state index in [2.05, 4.69) is 15.5 Å². The van der Waals surface area contributed by atoms with Gasteiger partial charge in [-0.3, -0.25) is 29.9 Å². The van der Waals surface area contributed by atoms with Crippen LogP contribution in [0.5, 0.6) is 0 Å². The summed E-state index contributed by atoms with van der Waals surface area (Å²) in [5.74, 6) is -0.101. The molecule has 1 unspecified atom stereocenters. The summed E-state index contributed by atoms with van der Waals surface area (Å²) in [6, 6.07) is 6.11. The predicted octanol–water partition coefficient (Wildman–Crippen LogP) is 2.18. The number of nitrogens with one attached hydrogen (secondary N) is 3. The number of H-pyrrole nitrogens is 2. The summed E-state index contributed by atoms with van der Waals surface area (Å²) < 4.78 is 0. The van der Waals surface area contributed by atoms with E-state index in [0.717, 1.165) is 12.1 Å². The Balaban J connectivity index is 1.96. The van der Waals surface area contributed by atoms with E-state index >= 15 is 0 Å². The molecule has 2 heterocycles. The second-order valence-corrected chi connectivity index (χ2v) is 5.95. The molecular formula is C16H14N4O4. The third kappa shape index (κ3) is 2.07. The molecule has 1 aromatic carbocycles. The lowest BCUT2D eigenvalue weighted by atomic mass is 9.77. The SMILES string of the molecule is O=C1CCCC2=C1C(c1cccc([N+](=O)[O-])c1)c1c([nH][nH]c1=O)N2. The molecule has 0 saturated carbocycles. The molecule has 0 amide bonds. The molecule has 2 aromatic rings. The number of benzene rings is 1. The van der Waals surface area contributed by atoms with Gasteiger partial charge in [-0.15, -0.1) is 0 Å². The summed E-state index contributed by atoms with van der Waals surface area (Å²) in [5.41, 5.74) is 1.89. The highest BCUT2D eigenvalue weighted by Gasteiger charge is 2.38. The van der Waals surface area contributed by atoms with Gasteiger partial charge in [-0.25, -0.2) is 0 Å². The molecule has 1 aliphatic carbocycles. The van der Waals surface area contributed by atoms with Crippen molar-refractivity contribution in [2.75, 3.05) is 5.32 Å². The molecule has 1 aliphatic heterocycles. The fraction of sp³-hybridized carbons (Fsp3) is 0.250. The van der Waals surface area contributed by atoms with E-state index < -0.39 is 10.8 Å². The Bertz CT molecular complexity index is 953. The van der Waals surface area contributed by atoms with Gasteiger partial charge in [0.25, 0.3) is 11.2 Å². The number of carbonyl (C=O) groups excluding carboxylic acids is 1. The van der Waals surface area contributed by atoms with Gasteiger partial charge >= 0.3 is 0 Å². The standard InChI is InChI=1S/C16H14N4O4/c21-11-6-2-5-10-13(11)12(14-15(17-10)18-19-16(14)22)8-3-1-4-9(7-8)20(23)24/h1,3-4,7,12H,2,5-6H2,(H3,17,18,19,22). The van der Waals surface area contributed by atoms with Crippen LogP contribution >= 0.6 is 0 Å². The molecule has 8 nitrogen and oxygen atoms in total. The first kappa shape index (κ1) is 14.4. The molecule has 2 aliphatic rings. The van der Waals surface area contributed by atoms with Crippen molar-refractivity contribution in [2.45, 2.75) is 25.2 Å². The van der Waals surface area contributed by atoms with Crippen molar-refractivity contribution in [1.82, 2.24) is 10.2 Å². The summed E-state index contributed by atoms with van der Waals surface area (Å²) in [5, 5.41) is 19.5. The molecule has 122 valence electrons. The highest BCUT2D eigenvalue weighted by Crippen LogP contribution is 2.43. The van der Waals surface area contributed by atoms with Crippen LogP contribution in [-0.2, 0) is 4.79 Å². The Morgan fingerprint density at radius 2 is 2.00 bits per heavy atom. The Morgan fingerprint density at radius 1 is 1.17 bits per heavy atom. The van der Waals surface area contributed by atoms with Gasteiger partial charge in [0.15, 0.2) is 5.78 Å². The summed E-state index contributed by atoms with van der Waals surface area (Å²) in [6.07, 6.45) is 1.87. The van der Waals surface area contributed by atoms with E-state index in [1.54, 1.807) is 12.1 Å². The summed E-state index contributed by atoms with van der Waals surface area (Å²) in [4.78, 5) is 35.4. The normalized spacial score (nSPS) is 19.5.